The van der Waals surface area contributed by atoms with Crippen LogP contribution in [-0.2, 0) is 9.53 Å². The third-order valence-electron chi connectivity index (χ3n) is 4.62. The maximum atomic E-state index is 12.0. The summed E-state index contributed by atoms with van der Waals surface area (Å²) >= 11 is 0. The van der Waals surface area contributed by atoms with Gasteiger partial charge in [-0.15, -0.1) is 0 Å². The molecule has 0 atom stereocenters. The summed E-state index contributed by atoms with van der Waals surface area (Å²) < 4.78 is 11.1. The van der Waals surface area contributed by atoms with Crippen LogP contribution in [0.4, 0.5) is 0 Å². The second-order valence-corrected chi connectivity index (χ2v) is 6.77. The molecule has 0 saturated carbocycles. The minimum Gasteiger partial charge on any atom is -0.483 e. The monoisotopic (exact) mass is 326 g/mol. The van der Waals surface area contributed by atoms with Crippen LogP contribution in [0.1, 0.15) is 40.5 Å². The van der Waals surface area contributed by atoms with Crippen LogP contribution in [0.25, 0.3) is 0 Å². The van der Waals surface area contributed by atoms with Gasteiger partial charge in [0.1, 0.15) is 11.4 Å². The SMILES string of the molecule is C=C(C(=O)OC)C1=C(C(C)(C)Oc2ccccc2)CC(C)=C(C)C1. The average molecular weight is 326 g/mol. The molecular weight excluding hydrogens is 300 g/mol. The quantitative estimate of drug-likeness (QED) is 0.434. The van der Waals surface area contributed by atoms with Crippen LogP contribution in [-0.4, -0.2) is 18.7 Å². The van der Waals surface area contributed by atoms with E-state index in [0.717, 1.165) is 23.3 Å². The highest BCUT2D eigenvalue weighted by Crippen LogP contribution is 2.40. The van der Waals surface area contributed by atoms with Gasteiger partial charge in [0.15, 0.2) is 0 Å². The highest BCUT2D eigenvalue weighted by molar-refractivity contribution is 5.93. The molecule has 0 aliphatic heterocycles. The molecule has 0 fully saturated rings. The number of carbonyl (C=O) groups is 1. The van der Waals surface area contributed by atoms with Gasteiger partial charge >= 0.3 is 5.97 Å². The molecule has 0 amide bonds. The van der Waals surface area contributed by atoms with Crippen molar-refractivity contribution in [2.24, 2.45) is 0 Å². The predicted molar refractivity (Wildman–Crippen MR) is 96.9 cm³/mol. The second-order valence-electron chi connectivity index (χ2n) is 6.77. The van der Waals surface area contributed by atoms with Gasteiger partial charge in [-0.2, -0.15) is 0 Å². The first-order chi connectivity index (χ1) is 11.3. The molecule has 128 valence electrons. The van der Waals surface area contributed by atoms with E-state index < -0.39 is 5.60 Å². The van der Waals surface area contributed by atoms with Crippen LogP contribution in [0.5, 0.6) is 5.75 Å². The molecule has 0 saturated heterocycles. The fourth-order valence-electron chi connectivity index (χ4n) is 3.00. The molecule has 0 radical (unpaired) electrons. The Labute approximate surface area is 144 Å². The van der Waals surface area contributed by atoms with Crippen LogP contribution < -0.4 is 4.74 Å². The smallest absolute Gasteiger partial charge is 0.337 e. The standard InChI is InChI=1S/C21H26O3/c1-14-12-18(16(3)20(22)23-6)19(13-15(14)2)21(4,5)24-17-10-8-7-9-11-17/h7-11H,3,12-13H2,1-2,4-6H3. The number of esters is 1. The minimum atomic E-state index is -0.546. The predicted octanol–water partition coefficient (Wildman–Crippen LogP) is 5.00. The van der Waals surface area contributed by atoms with Gasteiger partial charge in [0.2, 0.25) is 0 Å². The third-order valence-corrected chi connectivity index (χ3v) is 4.62. The number of hydrogen-bond acceptors (Lipinski definition) is 3. The Kier molecular flexibility index (Phi) is 5.33. The van der Waals surface area contributed by atoms with Crippen molar-refractivity contribution in [3.05, 3.63) is 64.8 Å². The molecule has 1 aliphatic rings. The summed E-state index contributed by atoms with van der Waals surface area (Å²) in [6.07, 6.45) is 1.48. The van der Waals surface area contributed by atoms with Crippen LogP contribution in [0.15, 0.2) is 64.8 Å². The molecule has 2 rings (SSSR count). The molecule has 0 spiro atoms. The van der Waals surface area contributed by atoms with Gasteiger partial charge in [-0.1, -0.05) is 35.9 Å². The van der Waals surface area contributed by atoms with Gasteiger partial charge in [0.05, 0.1) is 12.7 Å². The Morgan fingerprint density at radius 3 is 2.25 bits per heavy atom. The lowest BCUT2D eigenvalue weighted by Gasteiger charge is -2.35. The number of benzene rings is 1. The highest BCUT2D eigenvalue weighted by Gasteiger charge is 2.33. The van der Waals surface area contributed by atoms with Crippen LogP contribution in [0, 0.1) is 0 Å². The molecule has 24 heavy (non-hydrogen) atoms. The first-order valence-corrected chi connectivity index (χ1v) is 8.15. The lowest BCUT2D eigenvalue weighted by Crippen LogP contribution is -2.34. The summed E-state index contributed by atoms with van der Waals surface area (Å²) in [5.41, 5.74) is 4.49. The normalized spacial score (nSPS) is 15.4. The van der Waals surface area contributed by atoms with E-state index in [4.69, 9.17) is 9.47 Å². The van der Waals surface area contributed by atoms with Crippen molar-refractivity contribution in [2.45, 2.75) is 46.1 Å². The summed E-state index contributed by atoms with van der Waals surface area (Å²) in [5.74, 6) is 0.423. The van der Waals surface area contributed by atoms with Crippen molar-refractivity contribution in [1.29, 1.82) is 0 Å². The van der Waals surface area contributed by atoms with E-state index in [2.05, 4.69) is 20.4 Å². The largest absolute Gasteiger partial charge is 0.483 e. The number of hydrogen-bond donors (Lipinski definition) is 0. The van der Waals surface area contributed by atoms with E-state index in [1.165, 1.54) is 18.3 Å². The van der Waals surface area contributed by atoms with Crippen molar-refractivity contribution in [2.75, 3.05) is 7.11 Å². The zero-order valence-electron chi connectivity index (χ0n) is 15.2. The molecule has 0 bridgehead atoms. The number of ether oxygens (including phenoxy) is 2. The molecule has 0 aromatic heterocycles. The first kappa shape index (κ1) is 18.1. The zero-order valence-corrected chi connectivity index (χ0v) is 15.2. The van der Waals surface area contributed by atoms with Crippen molar-refractivity contribution < 1.29 is 14.3 Å². The highest BCUT2D eigenvalue weighted by atomic mass is 16.5. The van der Waals surface area contributed by atoms with Gasteiger partial charge in [-0.3, -0.25) is 0 Å². The molecule has 1 aromatic rings. The molecule has 1 aromatic carbocycles. The molecular formula is C21H26O3. The Morgan fingerprint density at radius 1 is 1.08 bits per heavy atom. The number of methoxy groups -OCH3 is 1. The van der Waals surface area contributed by atoms with E-state index in [1.54, 1.807) is 0 Å². The number of allylic oxidation sites excluding steroid dienone is 2. The topological polar surface area (TPSA) is 35.5 Å². The summed E-state index contributed by atoms with van der Waals surface area (Å²) in [5, 5.41) is 0. The van der Waals surface area contributed by atoms with E-state index in [0.29, 0.717) is 12.0 Å². The van der Waals surface area contributed by atoms with Crippen molar-refractivity contribution in [3.8, 4) is 5.75 Å². The number of para-hydroxylation sites is 1. The van der Waals surface area contributed by atoms with Gasteiger partial charge < -0.3 is 9.47 Å². The van der Waals surface area contributed by atoms with Crippen molar-refractivity contribution in [3.63, 3.8) is 0 Å². The lowest BCUT2D eigenvalue weighted by molar-refractivity contribution is -0.135. The third kappa shape index (κ3) is 3.78. The van der Waals surface area contributed by atoms with Gasteiger partial charge in [-0.25, -0.2) is 4.79 Å². The molecule has 3 nitrogen and oxygen atoms in total. The maximum absolute atomic E-state index is 12.0. The molecule has 0 N–H and O–H groups in total. The first-order valence-electron chi connectivity index (χ1n) is 8.15. The van der Waals surface area contributed by atoms with Crippen molar-refractivity contribution >= 4 is 5.97 Å². The summed E-state index contributed by atoms with van der Waals surface area (Å²) in [7, 11) is 1.39. The Bertz CT molecular complexity index is 706. The van der Waals surface area contributed by atoms with Gasteiger partial charge in [0.25, 0.3) is 0 Å². The van der Waals surface area contributed by atoms with Gasteiger partial charge in [0, 0.05) is 0 Å². The van der Waals surface area contributed by atoms with E-state index in [9.17, 15) is 4.79 Å². The molecule has 0 unspecified atom stereocenters. The molecule has 0 heterocycles. The van der Waals surface area contributed by atoms with Crippen molar-refractivity contribution in [1.82, 2.24) is 0 Å². The fourth-order valence-corrected chi connectivity index (χ4v) is 3.00. The summed E-state index contributed by atoms with van der Waals surface area (Å²) in [6, 6.07) is 9.73. The average Bonchev–Trinajstić information content (AvgIpc) is 2.56. The van der Waals surface area contributed by atoms with Crippen LogP contribution >= 0.6 is 0 Å². The lowest BCUT2D eigenvalue weighted by atomic mass is 9.78. The Morgan fingerprint density at radius 2 is 1.67 bits per heavy atom. The molecule has 3 heteroatoms. The number of carbonyl (C=O) groups excluding carboxylic acids is 1. The van der Waals surface area contributed by atoms with Crippen LogP contribution in [0.3, 0.4) is 0 Å². The fraction of sp³-hybridized carbons (Fsp3) is 0.381. The van der Waals surface area contributed by atoms with E-state index >= 15 is 0 Å². The number of rotatable bonds is 5. The summed E-state index contributed by atoms with van der Waals surface area (Å²) in [4.78, 5) is 12.0. The minimum absolute atomic E-state index is 0.384. The van der Waals surface area contributed by atoms with Crippen LogP contribution in [0.2, 0.25) is 0 Å². The Hall–Kier alpha value is -2.29. The van der Waals surface area contributed by atoms with E-state index in [1.807, 2.05) is 44.2 Å². The zero-order chi connectivity index (χ0) is 17.9. The second kappa shape index (κ2) is 7.08. The summed E-state index contributed by atoms with van der Waals surface area (Å²) in [6.45, 7) is 12.3. The van der Waals surface area contributed by atoms with E-state index in [-0.39, 0.29) is 5.97 Å². The van der Waals surface area contributed by atoms with Gasteiger partial charge in [-0.05, 0) is 63.8 Å². The molecule has 1 aliphatic carbocycles. The Balaban J connectivity index is 2.43. The maximum Gasteiger partial charge on any atom is 0.337 e.